The van der Waals surface area contributed by atoms with E-state index in [0.29, 0.717) is 20.6 Å². The molecule has 0 radical (unpaired) electrons. The zero-order valence-corrected chi connectivity index (χ0v) is 19.3. The van der Waals surface area contributed by atoms with E-state index in [1.807, 2.05) is 0 Å². The Morgan fingerprint density at radius 2 is 2.00 bits per heavy atom. The van der Waals surface area contributed by atoms with Crippen molar-refractivity contribution in [1.82, 2.24) is 24.8 Å². The van der Waals surface area contributed by atoms with Gasteiger partial charge in [-0.25, -0.2) is 28.1 Å². The van der Waals surface area contributed by atoms with E-state index >= 15 is 0 Å². The first kappa shape index (κ1) is 23.4. The highest BCUT2D eigenvalue weighted by molar-refractivity contribution is 7.15. The molecule has 174 valence electrons. The molecule has 0 aromatic carbocycles. The van der Waals surface area contributed by atoms with Crippen LogP contribution in [0.25, 0.3) is 10.6 Å². The molecule has 0 spiro atoms. The maximum Gasteiger partial charge on any atom is 0.274 e. The molecule has 1 unspecified atom stereocenters. The van der Waals surface area contributed by atoms with Crippen LogP contribution in [0.5, 0.6) is 0 Å². The molecule has 0 aliphatic carbocycles. The molecule has 0 saturated carbocycles. The molecule has 1 N–H and O–H groups in total. The van der Waals surface area contributed by atoms with E-state index in [9.17, 15) is 18.0 Å². The number of amides is 1. The summed E-state index contributed by atoms with van der Waals surface area (Å²) in [7, 11) is 0. The topological polar surface area (TPSA) is 83.9 Å². The van der Waals surface area contributed by atoms with Gasteiger partial charge in [0.2, 0.25) is 5.95 Å². The number of nitrogens with one attached hydrogen (secondary N) is 1. The molecule has 4 rings (SSSR count). The fourth-order valence-electron chi connectivity index (χ4n) is 3.87. The number of nitrogens with zero attached hydrogens (tertiary/aromatic N) is 5. The molecule has 2 atom stereocenters. The van der Waals surface area contributed by atoms with E-state index in [4.69, 9.17) is 11.6 Å². The van der Waals surface area contributed by atoms with Gasteiger partial charge in [-0.05, 0) is 25.0 Å². The van der Waals surface area contributed by atoms with Gasteiger partial charge >= 0.3 is 0 Å². The number of hydrogen-bond donors (Lipinski definition) is 1. The lowest BCUT2D eigenvalue weighted by molar-refractivity contribution is -0.0898. The monoisotopic (exact) mass is 496 g/mol. The number of rotatable bonds is 5. The normalized spacial score (nSPS) is 20.0. The quantitative estimate of drug-likeness (QED) is 0.551. The Hall–Kier alpha value is -2.79. The zero-order valence-electron chi connectivity index (χ0n) is 17.7. The van der Waals surface area contributed by atoms with Crippen molar-refractivity contribution in [3.8, 4) is 10.6 Å². The first-order chi connectivity index (χ1) is 15.6. The van der Waals surface area contributed by atoms with Gasteiger partial charge in [0.05, 0.1) is 51.8 Å². The van der Waals surface area contributed by atoms with Crippen LogP contribution in [-0.4, -0.2) is 55.8 Å². The zero-order chi connectivity index (χ0) is 23.8. The Labute approximate surface area is 197 Å². The average molecular weight is 497 g/mol. The van der Waals surface area contributed by atoms with Gasteiger partial charge in [-0.2, -0.15) is 0 Å². The van der Waals surface area contributed by atoms with Crippen LogP contribution in [0.1, 0.15) is 28.8 Å². The van der Waals surface area contributed by atoms with Crippen LogP contribution in [-0.2, 0) is 0 Å². The maximum absolute atomic E-state index is 14.5. The molecule has 1 aliphatic rings. The molecule has 7 nitrogen and oxygen atoms in total. The number of carbonyl (C=O) groups excluding carboxylic acids is 1. The summed E-state index contributed by atoms with van der Waals surface area (Å²) in [6.45, 7) is 2.81. The fraction of sp³-hybridized carbons (Fsp3) is 0.381. The Balaban J connectivity index is 1.64. The maximum atomic E-state index is 14.5. The first-order valence-corrected chi connectivity index (χ1v) is 11.3. The predicted molar refractivity (Wildman–Crippen MR) is 119 cm³/mol. The second-order valence-corrected chi connectivity index (χ2v) is 9.56. The number of thiazole rings is 1. The van der Waals surface area contributed by atoms with Gasteiger partial charge in [-0.3, -0.25) is 9.78 Å². The molecule has 3 aromatic heterocycles. The molecular formula is C21H20ClF3N6OS. The van der Waals surface area contributed by atoms with E-state index in [2.05, 4.69) is 25.3 Å². The summed E-state index contributed by atoms with van der Waals surface area (Å²) in [5.41, 5.74) is 0.376. The minimum absolute atomic E-state index is 0.0225. The number of piperidine rings is 1. The summed E-state index contributed by atoms with van der Waals surface area (Å²) in [6.07, 6.45) is 3.51. The number of aryl methyl sites for hydroxylation is 1. The van der Waals surface area contributed by atoms with E-state index in [1.54, 1.807) is 13.8 Å². The van der Waals surface area contributed by atoms with Gasteiger partial charge in [0.25, 0.3) is 11.8 Å². The van der Waals surface area contributed by atoms with Crippen LogP contribution in [0.2, 0.25) is 5.02 Å². The molecule has 33 heavy (non-hydrogen) atoms. The molecule has 3 aromatic rings. The number of pyridine rings is 1. The van der Waals surface area contributed by atoms with Crippen molar-refractivity contribution >= 4 is 34.8 Å². The lowest BCUT2D eigenvalue weighted by Gasteiger charge is -2.43. The number of alkyl halides is 2. The van der Waals surface area contributed by atoms with Crippen LogP contribution in [0, 0.1) is 18.7 Å². The van der Waals surface area contributed by atoms with Crippen molar-refractivity contribution in [1.29, 1.82) is 0 Å². The van der Waals surface area contributed by atoms with Crippen molar-refractivity contribution in [2.24, 2.45) is 5.92 Å². The third kappa shape index (κ3) is 5.25. The van der Waals surface area contributed by atoms with Gasteiger partial charge in [0.1, 0.15) is 11.5 Å². The first-order valence-electron chi connectivity index (χ1n) is 10.1. The Bertz CT molecular complexity index is 1140. The standard InChI is InChI=1S/C21H20ClF3N6OS/c1-11-5-21(24,25)10-31(16(11)9-29-20-27-6-13(22)7-28-20)19(32)17-18(33-12(2)30-17)15-4-3-14(23)8-26-15/h3-4,6-8,11,16H,5,9-10H2,1-2H3,(H,27,28,29)/t11-,16?/m1/s1. The van der Waals surface area contributed by atoms with Crippen molar-refractivity contribution < 1.29 is 18.0 Å². The second kappa shape index (κ2) is 9.22. The number of hydrogen-bond acceptors (Lipinski definition) is 7. The summed E-state index contributed by atoms with van der Waals surface area (Å²) < 4.78 is 42.3. The van der Waals surface area contributed by atoms with Gasteiger partial charge in [-0.15, -0.1) is 11.3 Å². The molecule has 0 bridgehead atoms. The van der Waals surface area contributed by atoms with Crippen LogP contribution < -0.4 is 5.32 Å². The second-order valence-electron chi connectivity index (χ2n) is 7.92. The summed E-state index contributed by atoms with van der Waals surface area (Å²) in [5.74, 6) is -4.42. The van der Waals surface area contributed by atoms with Gasteiger partial charge in [0, 0.05) is 13.0 Å². The van der Waals surface area contributed by atoms with E-state index in [1.165, 1.54) is 35.9 Å². The van der Waals surface area contributed by atoms with Crippen LogP contribution in [0.4, 0.5) is 19.1 Å². The molecule has 1 aliphatic heterocycles. The minimum Gasteiger partial charge on any atom is -0.352 e. The summed E-state index contributed by atoms with van der Waals surface area (Å²) in [4.78, 5) is 31.5. The SMILES string of the molecule is Cc1nc(C(=O)N2CC(F)(F)C[C@@H](C)C2CNc2ncc(Cl)cn2)c(-c2ccc(F)cn2)s1. The van der Waals surface area contributed by atoms with Gasteiger partial charge in [-0.1, -0.05) is 18.5 Å². The van der Waals surface area contributed by atoms with Gasteiger partial charge < -0.3 is 10.2 Å². The van der Waals surface area contributed by atoms with Gasteiger partial charge in [0.15, 0.2) is 0 Å². The lowest BCUT2D eigenvalue weighted by Crippen LogP contribution is -2.57. The molecule has 12 heteroatoms. The molecule has 4 heterocycles. The Kier molecular flexibility index (Phi) is 6.53. The smallest absolute Gasteiger partial charge is 0.274 e. The van der Waals surface area contributed by atoms with Crippen LogP contribution in [0.3, 0.4) is 0 Å². The van der Waals surface area contributed by atoms with Crippen molar-refractivity contribution in [2.75, 3.05) is 18.4 Å². The highest BCUT2D eigenvalue weighted by Crippen LogP contribution is 2.37. The summed E-state index contributed by atoms with van der Waals surface area (Å²) in [6, 6.07) is 2.10. The number of halogens is 4. The third-order valence-corrected chi connectivity index (χ3v) is 6.52. The minimum atomic E-state index is -3.04. The largest absolute Gasteiger partial charge is 0.352 e. The predicted octanol–water partition coefficient (Wildman–Crippen LogP) is 4.69. The summed E-state index contributed by atoms with van der Waals surface area (Å²) >= 11 is 7.00. The van der Waals surface area contributed by atoms with Crippen molar-refractivity contribution in [3.63, 3.8) is 0 Å². The number of anilines is 1. The molecule has 1 saturated heterocycles. The highest BCUT2D eigenvalue weighted by atomic mass is 35.5. The number of likely N-dealkylation sites (tertiary alicyclic amines) is 1. The fourth-order valence-corrected chi connectivity index (χ4v) is 4.86. The lowest BCUT2D eigenvalue weighted by atomic mass is 9.88. The number of aromatic nitrogens is 4. The van der Waals surface area contributed by atoms with Crippen LogP contribution >= 0.6 is 22.9 Å². The third-order valence-electron chi connectivity index (χ3n) is 5.33. The highest BCUT2D eigenvalue weighted by Gasteiger charge is 2.46. The average Bonchev–Trinajstić information content (AvgIpc) is 3.15. The molecular weight excluding hydrogens is 477 g/mol. The Morgan fingerprint density at radius 3 is 2.67 bits per heavy atom. The molecule has 1 amide bonds. The molecule has 1 fully saturated rings. The van der Waals surface area contributed by atoms with E-state index in [0.717, 1.165) is 11.1 Å². The van der Waals surface area contributed by atoms with E-state index < -0.39 is 36.2 Å². The van der Waals surface area contributed by atoms with E-state index in [-0.39, 0.29) is 24.6 Å². The van der Waals surface area contributed by atoms with Crippen molar-refractivity contribution in [2.45, 2.75) is 32.2 Å². The van der Waals surface area contributed by atoms with Crippen molar-refractivity contribution in [3.05, 3.63) is 52.3 Å². The van der Waals surface area contributed by atoms with Crippen LogP contribution in [0.15, 0.2) is 30.7 Å². The Morgan fingerprint density at radius 1 is 1.27 bits per heavy atom. The number of carbonyl (C=O) groups is 1. The summed E-state index contributed by atoms with van der Waals surface area (Å²) in [5, 5.41) is 3.94.